The number of carbonyl (C=O) groups is 1. The fourth-order valence-electron chi connectivity index (χ4n) is 3.27. The topological polar surface area (TPSA) is 88.1 Å². The highest BCUT2D eigenvalue weighted by Crippen LogP contribution is 2.28. The van der Waals surface area contributed by atoms with Crippen molar-refractivity contribution in [2.24, 2.45) is 0 Å². The van der Waals surface area contributed by atoms with Crippen LogP contribution in [0, 0.1) is 6.92 Å². The van der Waals surface area contributed by atoms with Gasteiger partial charge in [0.25, 0.3) is 10.1 Å². The van der Waals surface area contributed by atoms with Crippen molar-refractivity contribution in [3.05, 3.63) is 83.4 Å². The van der Waals surface area contributed by atoms with Crippen molar-refractivity contribution in [2.75, 3.05) is 27.4 Å². The third-order valence-corrected chi connectivity index (χ3v) is 6.47. The van der Waals surface area contributed by atoms with Gasteiger partial charge in [0.2, 0.25) is 0 Å². The molecule has 8 heteroatoms. The van der Waals surface area contributed by atoms with E-state index in [0.717, 1.165) is 11.1 Å². The van der Waals surface area contributed by atoms with E-state index in [2.05, 4.69) is 0 Å². The van der Waals surface area contributed by atoms with E-state index >= 15 is 0 Å². The van der Waals surface area contributed by atoms with Crippen LogP contribution in [0.25, 0.3) is 0 Å². The van der Waals surface area contributed by atoms with Crippen LogP contribution in [0.15, 0.2) is 71.6 Å². The Bertz CT molecular complexity index is 1220. The Morgan fingerprint density at radius 3 is 2.29 bits per heavy atom. The first kappa shape index (κ1) is 25.3. The number of benzene rings is 3. The summed E-state index contributed by atoms with van der Waals surface area (Å²) in [5.74, 6) is 1.69. The second-order valence-electron chi connectivity index (χ2n) is 7.58. The van der Waals surface area contributed by atoms with Gasteiger partial charge < -0.3 is 14.2 Å². The van der Waals surface area contributed by atoms with E-state index in [1.54, 1.807) is 50.6 Å². The standard InChI is InChI=1S/C26H28O7S/c1-19-7-11-23(12-8-19)34(28,29)33-16-15-32-22-6-4-5-21(18-22)24(27)13-9-20-10-14-25(30-2)26(17-20)31-3/h4-8,10-12,14,17-18H,9,13,15-16H2,1-3H3. The Labute approximate surface area is 200 Å². The van der Waals surface area contributed by atoms with Crippen LogP contribution in [0.1, 0.15) is 27.9 Å². The fraction of sp³-hybridized carbons (Fsp3) is 0.269. The Morgan fingerprint density at radius 2 is 1.59 bits per heavy atom. The number of aryl methyl sites for hydroxylation is 2. The highest BCUT2D eigenvalue weighted by molar-refractivity contribution is 7.86. The minimum atomic E-state index is -3.85. The lowest BCUT2D eigenvalue weighted by molar-refractivity contribution is 0.0982. The minimum absolute atomic E-state index is 0.0222. The van der Waals surface area contributed by atoms with E-state index in [-0.39, 0.29) is 23.9 Å². The summed E-state index contributed by atoms with van der Waals surface area (Å²) in [6.45, 7) is 1.75. The zero-order valence-corrected chi connectivity index (χ0v) is 20.3. The van der Waals surface area contributed by atoms with Crippen molar-refractivity contribution in [2.45, 2.75) is 24.7 Å². The van der Waals surface area contributed by atoms with Crippen molar-refractivity contribution in [3.63, 3.8) is 0 Å². The normalized spacial score (nSPS) is 11.1. The highest BCUT2D eigenvalue weighted by Gasteiger charge is 2.15. The van der Waals surface area contributed by atoms with Crippen LogP contribution in [0.4, 0.5) is 0 Å². The molecule has 3 rings (SSSR count). The van der Waals surface area contributed by atoms with E-state index < -0.39 is 10.1 Å². The van der Waals surface area contributed by atoms with Crippen LogP contribution >= 0.6 is 0 Å². The number of rotatable bonds is 12. The van der Waals surface area contributed by atoms with E-state index in [0.29, 0.717) is 35.7 Å². The van der Waals surface area contributed by atoms with Gasteiger partial charge in [-0.25, -0.2) is 0 Å². The summed E-state index contributed by atoms with van der Waals surface area (Å²) in [7, 11) is -0.702. The van der Waals surface area contributed by atoms with Gasteiger partial charge >= 0.3 is 0 Å². The predicted molar refractivity (Wildman–Crippen MR) is 128 cm³/mol. The van der Waals surface area contributed by atoms with Crippen molar-refractivity contribution in [1.29, 1.82) is 0 Å². The lowest BCUT2D eigenvalue weighted by Gasteiger charge is -2.10. The average molecular weight is 485 g/mol. The molecule has 0 unspecified atom stereocenters. The van der Waals surface area contributed by atoms with E-state index in [1.807, 2.05) is 25.1 Å². The SMILES string of the molecule is COc1ccc(CCC(=O)c2cccc(OCCOS(=O)(=O)c3ccc(C)cc3)c2)cc1OC. The molecule has 3 aromatic rings. The molecule has 0 fully saturated rings. The highest BCUT2D eigenvalue weighted by atomic mass is 32.2. The Kier molecular flexibility index (Phi) is 8.67. The van der Waals surface area contributed by atoms with Gasteiger partial charge in [0, 0.05) is 12.0 Å². The Balaban J connectivity index is 1.51. The van der Waals surface area contributed by atoms with Crippen molar-refractivity contribution >= 4 is 15.9 Å². The summed E-state index contributed by atoms with van der Waals surface area (Å²) >= 11 is 0. The molecule has 0 amide bonds. The molecule has 0 aliphatic carbocycles. The molecule has 34 heavy (non-hydrogen) atoms. The van der Waals surface area contributed by atoms with E-state index in [9.17, 15) is 13.2 Å². The van der Waals surface area contributed by atoms with Gasteiger partial charge in [-0.1, -0.05) is 35.9 Å². The molecule has 0 spiro atoms. The maximum absolute atomic E-state index is 12.7. The number of hydrogen-bond donors (Lipinski definition) is 0. The molecule has 0 bridgehead atoms. The summed E-state index contributed by atoms with van der Waals surface area (Å²) in [4.78, 5) is 12.8. The van der Waals surface area contributed by atoms with Crippen LogP contribution in [0.5, 0.6) is 17.2 Å². The third-order valence-electron chi connectivity index (χ3n) is 5.14. The predicted octanol–water partition coefficient (Wildman–Crippen LogP) is 4.61. The number of ketones is 1. The molecule has 0 atom stereocenters. The largest absolute Gasteiger partial charge is 0.493 e. The Hall–Kier alpha value is -3.36. The molecule has 0 aromatic heterocycles. The smallest absolute Gasteiger partial charge is 0.297 e. The lowest BCUT2D eigenvalue weighted by Crippen LogP contribution is -2.13. The van der Waals surface area contributed by atoms with Crippen LogP contribution in [0.2, 0.25) is 0 Å². The second-order valence-corrected chi connectivity index (χ2v) is 9.19. The molecule has 0 aliphatic heterocycles. The van der Waals surface area contributed by atoms with Crippen molar-refractivity contribution in [1.82, 2.24) is 0 Å². The lowest BCUT2D eigenvalue weighted by atomic mass is 10.0. The first-order valence-electron chi connectivity index (χ1n) is 10.8. The molecule has 180 valence electrons. The van der Waals surface area contributed by atoms with Gasteiger partial charge in [0.05, 0.1) is 19.1 Å². The number of ether oxygens (including phenoxy) is 3. The summed E-state index contributed by atoms with van der Waals surface area (Å²) in [5, 5.41) is 0. The third kappa shape index (κ3) is 6.82. The summed E-state index contributed by atoms with van der Waals surface area (Å²) in [6, 6.07) is 18.8. The van der Waals surface area contributed by atoms with E-state index in [4.69, 9.17) is 18.4 Å². The molecule has 0 heterocycles. The second kappa shape index (κ2) is 11.7. The molecule has 3 aromatic carbocycles. The van der Waals surface area contributed by atoms with Crippen molar-refractivity contribution < 1.29 is 31.6 Å². The number of Topliss-reactive ketones (excluding diaryl/α,β-unsaturated/α-hetero) is 1. The monoisotopic (exact) mass is 484 g/mol. The van der Waals surface area contributed by atoms with Crippen LogP contribution in [0.3, 0.4) is 0 Å². The molecule has 0 saturated carbocycles. The summed E-state index contributed by atoms with van der Waals surface area (Å²) in [5.41, 5.74) is 2.44. The summed E-state index contributed by atoms with van der Waals surface area (Å²) < 4.78 is 45.6. The van der Waals surface area contributed by atoms with Gasteiger partial charge in [0.1, 0.15) is 19.0 Å². The zero-order chi connectivity index (χ0) is 24.6. The molecular formula is C26H28O7S. The van der Waals surface area contributed by atoms with Crippen LogP contribution in [-0.4, -0.2) is 41.6 Å². The maximum Gasteiger partial charge on any atom is 0.297 e. The van der Waals surface area contributed by atoms with Gasteiger partial charge in [-0.15, -0.1) is 0 Å². The van der Waals surface area contributed by atoms with Crippen LogP contribution in [-0.2, 0) is 20.7 Å². The summed E-state index contributed by atoms with van der Waals surface area (Å²) in [6.07, 6.45) is 0.867. The minimum Gasteiger partial charge on any atom is -0.493 e. The molecule has 0 radical (unpaired) electrons. The fourth-order valence-corrected chi connectivity index (χ4v) is 4.17. The van der Waals surface area contributed by atoms with Gasteiger partial charge in [-0.05, 0) is 55.3 Å². The molecule has 0 N–H and O–H groups in total. The average Bonchev–Trinajstić information content (AvgIpc) is 2.85. The van der Waals surface area contributed by atoms with E-state index in [1.165, 1.54) is 12.1 Å². The van der Waals surface area contributed by atoms with Gasteiger partial charge in [-0.2, -0.15) is 8.42 Å². The number of carbonyl (C=O) groups excluding carboxylic acids is 1. The first-order chi connectivity index (χ1) is 16.3. The molecule has 0 aliphatic rings. The quantitative estimate of drug-likeness (QED) is 0.211. The number of methoxy groups -OCH3 is 2. The van der Waals surface area contributed by atoms with Gasteiger partial charge in [-0.3, -0.25) is 8.98 Å². The molecule has 0 saturated heterocycles. The zero-order valence-electron chi connectivity index (χ0n) is 19.4. The van der Waals surface area contributed by atoms with Gasteiger partial charge in [0.15, 0.2) is 17.3 Å². The molecule has 7 nitrogen and oxygen atoms in total. The van der Waals surface area contributed by atoms with Crippen molar-refractivity contribution in [3.8, 4) is 17.2 Å². The first-order valence-corrected chi connectivity index (χ1v) is 12.2. The number of hydrogen-bond acceptors (Lipinski definition) is 7. The Morgan fingerprint density at radius 1 is 0.853 bits per heavy atom. The maximum atomic E-state index is 12.7. The molecular weight excluding hydrogens is 456 g/mol. The van der Waals surface area contributed by atoms with Crippen LogP contribution < -0.4 is 14.2 Å².